The first-order valence-corrected chi connectivity index (χ1v) is 11.3. The first-order chi connectivity index (χ1) is 14.4. The third-order valence-corrected chi connectivity index (χ3v) is 6.16. The minimum Gasteiger partial charge on any atom is -0.348 e. The van der Waals surface area contributed by atoms with Gasteiger partial charge in [0.05, 0.1) is 11.8 Å². The quantitative estimate of drug-likeness (QED) is 0.506. The summed E-state index contributed by atoms with van der Waals surface area (Å²) in [5.74, 6) is 1.88. The van der Waals surface area contributed by atoms with Gasteiger partial charge in [-0.1, -0.05) is 94.1 Å². The molecule has 0 aliphatic heterocycles. The zero-order chi connectivity index (χ0) is 21.7. The maximum atomic E-state index is 12.7. The van der Waals surface area contributed by atoms with E-state index in [2.05, 4.69) is 67.5 Å². The Kier molecular flexibility index (Phi) is 7.32. The van der Waals surface area contributed by atoms with Crippen LogP contribution in [-0.4, -0.2) is 26.4 Å². The fourth-order valence-corrected chi connectivity index (χ4v) is 4.07. The van der Waals surface area contributed by atoms with Gasteiger partial charge >= 0.3 is 0 Å². The van der Waals surface area contributed by atoms with Crippen LogP contribution in [0.5, 0.6) is 0 Å². The van der Waals surface area contributed by atoms with Crippen molar-refractivity contribution in [2.45, 2.75) is 44.8 Å². The molecule has 0 unspecified atom stereocenters. The van der Waals surface area contributed by atoms with E-state index in [1.165, 1.54) is 17.3 Å². The SMILES string of the molecule is CC(C)c1ccc([C@H](NC(=O)CSc2nnc(-c3ccccc3)n2C)C(C)C)cc1. The van der Waals surface area contributed by atoms with Crippen LogP contribution in [0.4, 0.5) is 0 Å². The second-order valence-electron chi connectivity index (χ2n) is 8.13. The number of amides is 1. The molecule has 2 aromatic carbocycles. The van der Waals surface area contributed by atoms with Gasteiger partial charge in [0.1, 0.15) is 0 Å². The predicted molar refractivity (Wildman–Crippen MR) is 123 cm³/mol. The van der Waals surface area contributed by atoms with Crippen LogP contribution in [0.15, 0.2) is 59.8 Å². The lowest BCUT2D eigenvalue weighted by Crippen LogP contribution is -2.33. The second-order valence-corrected chi connectivity index (χ2v) is 9.07. The van der Waals surface area contributed by atoms with Crippen molar-refractivity contribution < 1.29 is 4.79 Å². The predicted octanol–water partition coefficient (Wildman–Crippen LogP) is 5.21. The molecule has 3 rings (SSSR count). The minimum atomic E-state index is -0.0151. The summed E-state index contributed by atoms with van der Waals surface area (Å²) >= 11 is 1.40. The lowest BCUT2D eigenvalue weighted by molar-refractivity contribution is -0.119. The molecular weight excluding hydrogens is 392 g/mol. The fraction of sp³-hybridized carbons (Fsp3) is 0.375. The van der Waals surface area contributed by atoms with Gasteiger partial charge in [-0.2, -0.15) is 0 Å². The molecule has 1 heterocycles. The lowest BCUT2D eigenvalue weighted by atomic mass is 9.93. The smallest absolute Gasteiger partial charge is 0.230 e. The number of nitrogens with one attached hydrogen (secondary N) is 1. The molecule has 1 atom stereocenters. The third-order valence-electron chi connectivity index (χ3n) is 5.14. The molecule has 158 valence electrons. The van der Waals surface area contributed by atoms with Crippen LogP contribution in [0, 0.1) is 5.92 Å². The van der Waals surface area contributed by atoms with Crippen molar-refractivity contribution in [2.24, 2.45) is 13.0 Å². The summed E-state index contributed by atoms with van der Waals surface area (Å²) < 4.78 is 1.93. The molecule has 30 heavy (non-hydrogen) atoms. The number of aromatic nitrogens is 3. The second kappa shape index (κ2) is 9.94. The van der Waals surface area contributed by atoms with E-state index in [1.54, 1.807) is 0 Å². The van der Waals surface area contributed by atoms with E-state index in [4.69, 9.17) is 0 Å². The largest absolute Gasteiger partial charge is 0.348 e. The molecule has 0 aliphatic carbocycles. The van der Waals surface area contributed by atoms with Crippen LogP contribution in [-0.2, 0) is 11.8 Å². The molecule has 0 bridgehead atoms. The molecule has 3 aromatic rings. The van der Waals surface area contributed by atoms with Gasteiger partial charge in [-0.05, 0) is 23.0 Å². The van der Waals surface area contributed by atoms with Crippen LogP contribution < -0.4 is 5.32 Å². The Hall–Kier alpha value is -2.60. The monoisotopic (exact) mass is 422 g/mol. The van der Waals surface area contributed by atoms with Crippen molar-refractivity contribution in [2.75, 3.05) is 5.75 Å². The van der Waals surface area contributed by atoms with Crippen LogP contribution in [0.3, 0.4) is 0 Å². The summed E-state index contributed by atoms with van der Waals surface area (Å²) in [6, 6.07) is 18.5. The van der Waals surface area contributed by atoms with Crippen molar-refractivity contribution in [3.63, 3.8) is 0 Å². The van der Waals surface area contributed by atoms with Crippen LogP contribution in [0.2, 0.25) is 0 Å². The Morgan fingerprint density at radius 3 is 2.20 bits per heavy atom. The molecule has 0 fully saturated rings. The Balaban J connectivity index is 1.63. The van der Waals surface area contributed by atoms with Crippen molar-refractivity contribution in [1.82, 2.24) is 20.1 Å². The average molecular weight is 423 g/mol. The van der Waals surface area contributed by atoms with Gasteiger partial charge in [0.15, 0.2) is 11.0 Å². The zero-order valence-electron chi connectivity index (χ0n) is 18.3. The summed E-state index contributed by atoms with van der Waals surface area (Å²) in [4.78, 5) is 12.7. The van der Waals surface area contributed by atoms with Gasteiger partial charge < -0.3 is 9.88 Å². The highest BCUT2D eigenvalue weighted by atomic mass is 32.2. The Morgan fingerprint density at radius 1 is 0.967 bits per heavy atom. The number of benzene rings is 2. The molecular formula is C24H30N4OS. The van der Waals surface area contributed by atoms with Gasteiger partial charge in [-0.25, -0.2) is 0 Å². The maximum absolute atomic E-state index is 12.7. The number of nitrogens with zero attached hydrogens (tertiary/aromatic N) is 3. The highest BCUT2D eigenvalue weighted by Gasteiger charge is 2.19. The molecule has 0 saturated carbocycles. The molecule has 1 aromatic heterocycles. The van der Waals surface area contributed by atoms with Crippen LogP contribution >= 0.6 is 11.8 Å². The van der Waals surface area contributed by atoms with Crippen molar-refractivity contribution in [3.05, 3.63) is 65.7 Å². The highest BCUT2D eigenvalue weighted by Crippen LogP contribution is 2.25. The number of hydrogen-bond donors (Lipinski definition) is 1. The van der Waals surface area contributed by atoms with Crippen LogP contribution in [0.25, 0.3) is 11.4 Å². The van der Waals surface area contributed by atoms with Crippen LogP contribution in [0.1, 0.15) is 50.8 Å². The number of carbonyl (C=O) groups is 1. The van der Waals surface area contributed by atoms with E-state index in [9.17, 15) is 4.79 Å². The summed E-state index contributed by atoms with van der Waals surface area (Å²) in [6.07, 6.45) is 0. The molecule has 6 heteroatoms. The molecule has 5 nitrogen and oxygen atoms in total. The van der Waals surface area contributed by atoms with Gasteiger partial charge in [-0.15, -0.1) is 10.2 Å². The molecule has 0 radical (unpaired) electrons. The third kappa shape index (κ3) is 5.30. The summed E-state index contributed by atoms with van der Waals surface area (Å²) in [6.45, 7) is 8.62. The Bertz CT molecular complexity index is 965. The Morgan fingerprint density at radius 2 is 1.60 bits per heavy atom. The number of rotatable bonds is 8. The number of thioether (sulfide) groups is 1. The highest BCUT2D eigenvalue weighted by molar-refractivity contribution is 7.99. The van der Waals surface area contributed by atoms with Gasteiger partial charge in [0, 0.05) is 12.6 Å². The topological polar surface area (TPSA) is 59.8 Å². The van der Waals surface area contributed by atoms with Crippen molar-refractivity contribution in [3.8, 4) is 11.4 Å². The summed E-state index contributed by atoms with van der Waals surface area (Å²) in [5, 5.41) is 12.5. The van der Waals surface area contributed by atoms with E-state index < -0.39 is 0 Å². The van der Waals surface area contributed by atoms with E-state index in [0.717, 1.165) is 22.1 Å². The summed E-state index contributed by atoms with van der Waals surface area (Å²) in [7, 11) is 1.93. The molecule has 0 spiro atoms. The Labute approximate surface area is 183 Å². The summed E-state index contributed by atoms with van der Waals surface area (Å²) in [5.41, 5.74) is 3.45. The van der Waals surface area contributed by atoms with Gasteiger partial charge in [-0.3, -0.25) is 4.79 Å². The van der Waals surface area contributed by atoms with Gasteiger partial charge in [0.25, 0.3) is 0 Å². The molecule has 0 aliphatic rings. The van der Waals surface area contributed by atoms with E-state index >= 15 is 0 Å². The van der Waals surface area contributed by atoms with Crippen molar-refractivity contribution >= 4 is 17.7 Å². The van der Waals surface area contributed by atoms with Gasteiger partial charge in [0.2, 0.25) is 5.91 Å². The number of carbonyl (C=O) groups excluding carboxylic acids is 1. The molecule has 1 amide bonds. The average Bonchev–Trinajstić information content (AvgIpc) is 3.11. The van der Waals surface area contributed by atoms with E-state index in [-0.39, 0.29) is 11.9 Å². The maximum Gasteiger partial charge on any atom is 0.230 e. The lowest BCUT2D eigenvalue weighted by Gasteiger charge is -2.23. The first kappa shape index (κ1) is 22.1. The standard InChI is InChI=1S/C24H30N4OS/c1-16(2)18-11-13-19(14-12-18)22(17(3)4)25-21(29)15-30-24-27-26-23(28(24)5)20-9-7-6-8-10-20/h6-14,16-17,22H,15H2,1-5H3,(H,25,29)/t22-/m1/s1. The van der Waals surface area contributed by atoms with E-state index in [1.807, 2.05) is 41.9 Å². The first-order valence-electron chi connectivity index (χ1n) is 10.3. The fourth-order valence-electron chi connectivity index (χ4n) is 3.35. The molecule has 0 saturated heterocycles. The normalized spacial score (nSPS) is 12.4. The number of hydrogen-bond acceptors (Lipinski definition) is 4. The zero-order valence-corrected chi connectivity index (χ0v) is 19.1. The molecule has 1 N–H and O–H groups in total. The minimum absolute atomic E-state index is 0.00380. The van der Waals surface area contributed by atoms with E-state index in [0.29, 0.717) is 17.6 Å². The van der Waals surface area contributed by atoms with Crippen molar-refractivity contribution in [1.29, 1.82) is 0 Å².